The summed E-state index contributed by atoms with van der Waals surface area (Å²) in [6.07, 6.45) is 5.53. The maximum Gasteiger partial charge on any atom is 0.236 e. The van der Waals surface area contributed by atoms with Gasteiger partial charge in [0.25, 0.3) is 0 Å². The summed E-state index contributed by atoms with van der Waals surface area (Å²) in [7, 11) is 0. The minimum absolute atomic E-state index is 0.0703. The number of hydrogen-bond acceptors (Lipinski definition) is 5. The smallest absolute Gasteiger partial charge is 0.236 e. The molecule has 7 heteroatoms. The van der Waals surface area contributed by atoms with Gasteiger partial charge < -0.3 is 10.6 Å². The molecule has 0 radical (unpaired) electrons. The first kappa shape index (κ1) is 18.9. The molecule has 2 N–H and O–H groups in total. The van der Waals surface area contributed by atoms with E-state index in [1.165, 1.54) is 29.5 Å². The average molecular weight is 390 g/mol. The molecule has 1 aromatic carbocycles. The minimum atomic E-state index is -0.0703. The molecule has 138 valence electrons. The van der Waals surface area contributed by atoms with Crippen LogP contribution in [0.1, 0.15) is 37.8 Å². The van der Waals surface area contributed by atoms with Crippen LogP contribution < -0.4 is 10.6 Å². The van der Waals surface area contributed by atoms with Gasteiger partial charge in [-0.15, -0.1) is 23.1 Å². The van der Waals surface area contributed by atoms with Gasteiger partial charge >= 0.3 is 0 Å². The van der Waals surface area contributed by atoms with Crippen molar-refractivity contribution in [1.29, 1.82) is 0 Å². The number of anilines is 2. The number of rotatable bonds is 6. The Labute approximate surface area is 162 Å². The van der Waals surface area contributed by atoms with Crippen molar-refractivity contribution in [3.05, 3.63) is 35.3 Å². The zero-order chi connectivity index (χ0) is 18.4. The summed E-state index contributed by atoms with van der Waals surface area (Å²) in [4.78, 5) is 29.4. The van der Waals surface area contributed by atoms with Crippen LogP contribution in [-0.2, 0) is 9.59 Å². The van der Waals surface area contributed by atoms with Gasteiger partial charge in [0, 0.05) is 21.9 Å². The lowest BCUT2D eigenvalue weighted by Gasteiger charge is -2.20. The Morgan fingerprint density at radius 2 is 1.88 bits per heavy atom. The SMILES string of the molecule is Cc1csc(NC(=O)CSc2ccc(NC(=O)C3CCCCC3)cc2)n1. The molecule has 0 aliphatic heterocycles. The highest BCUT2D eigenvalue weighted by molar-refractivity contribution is 8.00. The first-order valence-electron chi connectivity index (χ1n) is 8.86. The molecular weight excluding hydrogens is 366 g/mol. The fraction of sp³-hybridized carbons (Fsp3) is 0.421. The number of aryl methyl sites for hydroxylation is 1. The van der Waals surface area contributed by atoms with Gasteiger partial charge in [-0.2, -0.15) is 0 Å². The van der Waals surface area contributed by atoms with Crippen LogP contribution >= 0.6 is 23.1 Å². The van der Waals surface area contributed by atoms with Gasteiger partial charge in [0.05, 0.1) is 11.4 Å². The minimum Gasteiger partial charge on any atom is -0.326 e. The van der Waals surface area contributed by atoms with Gasteiger partial charge in [-0.05, 0) is 44.0 Å². The van der Waals surface area contributed by atoms with E-state index in [9.17, 15) is 9.59 Å². The zero-order valence-corrected chi connectivity index (χ0v) is 16.4. The number of thioether (sulfide) groups is 1. The number of nitrogens with zero attached hydrogens (tertiary/aromatic N) is 1. The molecule has 1 aromatic heterocycles. The molecule has 26 heavy (non-hydrogen) atoms. The predicted octanol–water partition coefficient (Wildman–Crippen LogP) is 4.70. The number of amides is 2. The number of benzene rings is 1. The number of thiazole rings is 1. The van der Waals surface area contributed by atoms with E-state index < -0.39 is 0 Å². The van der Waals surface area contributed by atoms with Crippen molar-refractivity contribution in [2.45, 2.75) is 43.9 Å². The monoisotopic (exact) mass is 389 g/mol. The summed E-state index contributed by atoms with van der Waals surface area (Å²) in [6.45, 7) is 1.90. The lowest BCUT2D eigenvalue weighted by molar-refractivity contribution is -0.120. The summed E-state index contributed by atoms with van der Waals surface area (Å²) < 4.78 is 0. The number of carbonyl (C=O) groups is 2. The van der Waals surface area contributed by atoms with Crippen molar-refractivity contribution in [2.24, 2.45) is 5.92 Å². The molecule has 0 unspecified atom stereocenters. The highest BCUT2D eigenvalue weighted by atomic mass is 32.2. The molecular formula is C19H23N3O2S2. The van der Waals surface area contributed by atoms with Gasteiger partial charge in [-0.25, -0.2) is 4.98 Å². The highest BCUT2D eigenvalue weighted by Gasteiger charge is 2.20. The Hall–Kier alpha value is -1.86. The maximum atomic E-state index is 12.3. The summed E-state index contributed by atoms with van der Waals surface area (Å²) in [5, 5.41) is 8.34. The van der Waals surface area contributed by atoms with Crippen LogP contribution in [0.2, 0.25) is 0 Å². The van der Waals surface area contributed by atoms with Crippen molar-refractivity contribution in [1.82, 2.24) is 4.98 Å². The first-order chi connectivity index (χ1) is 12.6. The Morgan fingerprint density at radius 1 is 1.15 bits per heavy atom. The van der Waals surface area contributed by atoms with Crippen LogP contribution in [0.3, 0.4) is 0 Å². The highest BCUT2D eigenvalue weighted by Crippen LogP contribution is 2.26. The van der Waals surface area contributed by atoms with Crippen molar-refractivity contribution in [3.8, 4) is 0 Å². The number of carbonyl (C=O) groups excluding carboxylic acids is 2. The van der Waals surface area contributed by atoms with E-state index in [-0.39, 0.29) is 17.7 Å². The zero-order valence-electron chi connectivity index (χ0n) is 14.8. The summed E-state index contributed by atoms with van der Waals surface area (Å²) in [5.74, 6) is 0.533. The molecule has 1 aliphatic rings. The van der Waals surface area contributed by atoms with Crippen molar-refractivity contribution >= 4 is 45.7 Å². The molecule has 1 aliphatic carbocycles. The molecule has 1 fully saturated rings. The number of nitrogens with one attached hydrogen (secondary N) is 2. The van der Waals surface area contributed by atoms with Crippen molar-refractivity contribution < 1.29 is 9.59 Å². The van der Waals surface area contributed by atoms with E-state index in [0.717, 1.165) is 42.0 Å². The van der Waals surface area contributed by atoms with E-state index in [4.69, 9.17) is 0 Å². The fourth-order valence-corrected chi connectivity index (χ4v) is 4.36. The lowest BCUT2D eigenvalue weighted by atomic mass is 9.88. The Kier molecular flexibility index (Phi) is 6.68. The molecule has 5 nitrogen and oxygen atoms in total. The second kappa shape index (κ2) is 9.19. The normalized spacial score (nSPS) is 14.8. The van der Waals surface area contributed by atoms with Gasteiger partial charge in [-0.1, -0.05) is 19.3 Å². The predicted molar refractivity (Wildman–Crippen MR) is 108 cm³/mol. The Bertz CT molecular complexity index is 752. The van der Waals surface area contributed by atoms with Crippen LogP contribution in [0.5, 0.6) is 0 Å². The summed E-state index contributed by atoms with van der Waals surface area (Å²) in [5.41, 5.74) is 1.72. The molecule has 0 bridgehead atoms. The lowest BCUT2D eigenvalue weighted by Crippen LogP contribution is -2.24. The van der Waals surface area contributed by atoms with Gasteiger partial charge in [0.1, 0.15) is 0 Å². The third-order valence-corrected chi connectivity index (χ3v) is 6.22. The van der Waals surface area contributed by atoms with Crippen LogP contribution in [0.15, 0.2) is 34.5 Å². The van der Waals surface area contributed by atoms with Crippen molar-refractivity contribution in [2.75, 3.05) is 16.4 Å². The number of aromatic nitrogens is 1. The topological polar surface area (TPSA) is 71.1 Å². The average Bonchev–Trinajstić information content (AvgIpc) is 3.06. The third kappa shape index (κ3) is 5.57. The molecule has 2 amide bonds. The van der Waals surface area contributed by atoms with E-state index in [2.05, 4.69) is 15.6 Å². The summed E-state index contributed by atoms with van der Waals surface area (Å²) in [6, 6.07) is 7.65. The second-order valence-corrected chi connectivity index (χ2v) is 8.39. The summed E-state index contributed by atoms with van der Waals surface area (Å²) >= 11 is 2.89. The first-order valence-corrected chi connectivity index (χ1v) is 10.7. The van der Waals surface area contributed by atoms with E-state index in [0.29, 0.717) is 10.9 Å². The van der Waals surface area contributed by atoms with Crippen LogP contribution in [0, 0.1) is 12.8 Å². The molecule has 2 aromatic rings. The van der Waals surface area contributed by atoms with E-state index in [1.807, 2.05) is 36.6 Å². The quantitative estimate of drug-likeness (QED) is 0.703. The van der Waals surface area contributed by atoms with Crippen LogP contribution in [0.25, 0.3) is 0 Å². The molecule has 1 saturated carbocycles. The van der Waals surface area contributed by atoms with E-state index in [1.54, 1.807) is 0 Å². The van der Waals surface area contributed by atoms with Crippen LogP contribution in [-0.4, -0.2) is 22.6 Å². The van der Waals surface area contributed by atoms with Crippen LogP contribution in [0.4, 0.5) is 10.8 Å². The third-order valence-electron chi connectivity index (χ3n) is 4.33. The largest absolute Gasteiger partial charge is 0.326 e. The molecule has 0 saturated heterocycles. The Morgan fingerprint density at radius 3 is 2.54 bits per heavy atom. The molecule has 1 heterocycles. The number of hydrogen-bond donors (Lipinski definition) is 2. The van der Waals surface area contributed by atoms with Gasteiger partial charge in [0.15, 0.2) is 5.13 Å². The fourth-order valence-electron chi connectivity index (χ4n) is 2.96. The second-order valence-electron chi connectivity index (χ2n) is 6.48. The Balaban J connectivity index is 1.45. The maximum absolute atomic E-state index is 12.3. The van der Waals surface area contributed by atoms with Gasteiger partial charge in [0.2, 0.25) is 11.8 Å². The molecule has 0 atom stereocenters. The van der Waals surface area contributed by atoms with Crippen molar-refractivity contribution in [3.63, 3.8) is 0 Å². The van der Waals surface area contributed by atoms with E-state index >= 15 is 0 Å². The standard InChI is InChI=1S/C19H23N3O2S2/c1-13-11-26-19(20-13)22-17(23)12-25-16-9-7-15(8-10-16)21-18(24)14-5-3-2-4-6-14/h7-11,14H,2-6,12H2,1H3,(H,21,24)(H,20,22,23). The van der Waals surface area contributed by atoms with Gasteiger partial charge in [-0.3, -0.25) is 9.59 Å². The molecule has 3 rings (SSSR count). The molecule has 0 spiro atoms.